The highest BCUT2D eigenvalue weighted by Crippen LogP contribution is 2.46. The zero-order valence-electron chi connectivity index (χ0n) is 56.2. The zero-order valence-corrected chi connectivity index (χ0v) is 57.0. The molecule has 2 saturated heterocycles. The fourth-order valence-electron chi connectivity index (χ4n) is 13.4. The summed E-state index contributed by atoms with van der Waals surface area (Å²) in [4.78, 5) is 123. The third-order valence-corrected chi connectivity index (χ3v) is 21.7. The van der Waals surface area contributed by atoms with E-state index in [0.29, 0.717) is 111 Å². The lowest BCUT2D eigenvalue weighted by atomic mass is 9.68. The first-order valence-corrected chi connectivity index (χ1v) is 34.1. The van der Waals surface area contributed by atoms with Crippen LogP contribution in [0.1, 0.15) is 188 Å². The van der Waals surface area contributed by atoms with E-state index in [-0.39, 0.29) is 79.3 Å². The van der Waals surface area contributed by atoms with Gasteiger partial charge in [0, 0.05) is 116 Å². The number of thioether (sulfide) groups is 1. The number of nitrogens with zero attached hydrogens (tertiary/aromatic N) is 10. The Morgan fingerprint density at radius 1 is 0.813 bits per heavy atom. The van der Waals surface area contributed by atoms with Gasteiger partial charge in [0.05, 0.1) is 41.1 Å². The van der Waals surface area contributed by atoms with Crippen molar-refractivity contribution in [2.75, 3.05) is 64.4 Å². The van der Waals surface area contributed by atoms with E-state index < -0.39 is 52.0 Å². The molecule has 7 heterocycles. The first-order valence-electron chi connectivity index (χ1n) is 32.9. The van der Waals surface area contributed by atoms with Gasteiger partial charge in [0.1, 0.15) is 18.9 Å². The van der Waals surface area contributed by atoms with Crippen molar-refractivity contribution in [3.8, 4) is 17.1 Å². The third-order valence-electron chi connectivity index (χ3n) is 20.8. The van der Waals surface area contributed by atoms with Gasteiger partial charge in [-0.2, -0.15) is 11.8 Å². The highest BCUT2D eigenvalue weighted by atomic mass is 32.2. The molecule has 0 spiro atoms. The maximum Gasteiger partial charge on any atom is 0.415 e. The van der Waals surface area contributed by atoms with Crippen LogP contribution < -0.4 is 10.3 Å². The Bertz CT molecular complexity index is 3410. The maximum atomic E-state index is 14.5. The molecule has 0 saturated carbocycles. The molecular formula is C68H98N10O12S. The second kappa shape index (κ2) is 29.0. The largest absolute Gasteiger partial charge is 0.481 e. The lowest BCUT2D eigenvalue weighted by molar-refractivity contribution is -0.190. The highest BCUT2D eigenvalue weighted by molar-refractivity contribution is 7.99. The molecule has 0 aliphatic carbocycles. The molecule has 4 aliphatic heterocycles. The highest BCUT2D eigenvalue weighted by Gasteiger charge is 2.52. The molecule has 4 aliphatic rings. The van der Waals surface area contributed by atoms with E-state index in [4.69, 9.17) is 24.3 Å². The van der Waals surface area contributed by atoms with Gasteiger partial charge in [0.15, 0.2) is 0 Å². The fourth-order valence-corrected chi connectivity index (χ4v) is 14.3. The first kappa shape index (κ1) is 70.0. The molecule has 8 rings (SSSR count). The van der Waals surface area contributed by atoms with Gasteiger partial charge >= 0.3 is 24.0 Å². The standard InChI is InChI=1S/C68H98N10O12S/c1-14-48-49-38-47(89-63(87)74-32-26-46(27-33-74)73-30-19-18-20-31-73)24-25-53(49)69-60-50(48)41-76-54(60)39-52-51(61(76)85)43-88-62(86)68(52,17-4)90-59(84)42-75-40-45(70-71-75)22-21-23-57(81)72(13)34-29-64(5,6)66(9,10)78(56(80)16-3)44-65(7,8)67(11,12)77(55(79)15-2)35-37-91-36-28-58(82)83/h24-25,38-40,46H,14-23,26-37,41-44H2,1-13H3,(H,82,83)/t68-/m0/s1. The molecule has 91 heavy (non-hydrogen) atoms. The molecule has 22 nitrogen and oxygen atoms in total. The molecule has 0 radical (unpaired) electrons. The second-order valence-electron chi connectivity index (χ2n) is 27.4. The fraction of sp³-hybridized carbons (Fsp3) is 0.662. The summed E-state index contributed by atoms with van der Waals surface area (Å²) in [5.41, 5.74) is -0.232. The zero-order chi connectivity index (χ0) is 66.4. The number of carbonyl (C=O) groups excluding carboxylic acids is 6. The number of ether oxygens (including phenoxy) is 3. The molecule has 1 aromatic carbocycles. The Morgan fingerprint density at radius 3 is 2.15 bits per heavy atom. The van der Waals surface area contributed by atoms with Crippen LogP contribution in [-0.2, 0) is 76.4 Å². The Labute approximate surface area is 540 Å². The van der Waals surface area contributed by atoms with Crippen molar-refractivity contribution in [1.29, 1.82) is 0 Å². The summed E-state index contributed by atoms with van der Waals surface area (Å²) in [7, 11) is 1.78. The van der Waals surface area contributed by atoms with Crippen LogP contribution in [0.25, 0.3) is 22.3 Å². The van der Waals surface area contributed by atoms with Crippen LogP contribution in [0.5, 0.6) is 5.75 Å². The van der Waals surface area contributed by atoms with Crippen LogP contribution in [0.15, 0.2) is 35.3 Å². The molecule has 1 N–H and O–H groups in total. The number of rotatable bonds is 28. The van der Waals surface area contributed by atoms with Gasteiger partial charge < -0.3 is 48.4 Å². The van der Waals surface area contributed by atoms with E-state index in [0.717, 1.165) is 42.4 Å². The van der Waals surface area contributed by atoms with E-state index in [2.05, 4.69) is 56.8 Å². The minimum Gasteiger partial charge on any atom is -0.481 e. The van der Waals surface area contributed by atoms with Gasteiger partial charge in [-0.1, -0.05) is 67.0 Å². The summed E-state index contributed by atoms with van der Waals surface area (Å²) >= 11 is 1.51. The van der Waals surface area contributed by atoms with E-state index in [1.807, 2.05) is 56.6 Å². The number of carboxylic acids is 1. The molecule has 0 bridgehead atoms. The predicted molar refractivity (Wildman–Crippen MR) is 348 cm³/mol. The summed E-state index contributed by atoms with van der Waals surface area (Å²) in [6.45, 7) is 28.4. The summed E-state index contributed by atoms with van der Waals surface area (Å²) in [6.07, 6.45) is 9.71. The quantitative estimate of drug-likeness (QED) is 0.0362. The van der Waals surface area contributed by atoms with Gasteiger partial charge in [-0.25, -0.2) is 24.0 Å². The Morgan fingerprint density at radius 2 is 1.49 bits per heavy atom. The Kier molecular flexibility index (Phi) is 22.3. The molecular weight excluding hydrogens is 1180 g/mol. The Balaban J connectivity index is 0.866. The van der Waals surface area contributed by atoms with Crippen LogP contribution in [0, 0.1) is 10.8 Å². The predicted octanol–water partition coefficient (Wildman–Crippen LogP) is 9.40. The molecule has 3 aromatic heterocycles. The monoisotopic (exact) mass is 1280 g/mol. The molecule has 4 aromatic rings. The van der Waals surface area contributed by atoms with Crippen LogP contribution in [-0.4, -0.2) is 177 Å². The SMILES string of the molecule is CCC(=O)N(CC(C)(C)C(C)(C)N(CCSCCC(=O)O)C(=O)CC)C(C)(C)C(C)(C)CCN(C)C(=O)CCCc1cn(CC(=O)O[C@]2(CC)C(=O)OCc3c2cc2n(c3=O)Cc3c-2nc2ccc(OC(=O)N4CCC(N5CCCCC5)CC4)cc2c3CC)nn1. The van der Waals surface area contributed by atoms with Crippen LogP contribution in [0.2, 0.25) is 0 Å². The second-order valence-corrected chi connectivity index (χ2v) is 28.6. The number of hydrogen-bond donors (Lipinski definition) is 1. The summed E-state index contributed by atoms with van der Waals surface area (Å²) in [5.74, 6) is -1.07. The van der Waals surface area contributed by atoms with Crippen molar-refractivity contribution < 1.29 is 52.9 Å². The van der Waals surface area contributed by atoms with E-state index in [1.54, 1.807) is 46.7 Å². The number of hydrogen-bond acceptors (Lipinski definition) is 16. The maximum absolute atomic E-state index is 14.5. The normalized spacial score (nSPS) is 17.2. The van der Waals surface area contributed by atoms with Crippen molar-refractivity contribution in [3.05, 3.63) is 68.8 Å². The van der Waals surface area contributed by atoms with E-state index in [1.165, 1.54) is 35.7 Å². The number of carboxylic acid groups (broad SMARTS) is 1. The number of benzene rings is 1. The van der Waals surface area contributed by atoms with E-state index in [9.17, 15) is 38.4 Å². The summed E-state index contributed by atoms with van der Waals surface area (Å²) in [6, 6.07) is 7.64. The van der Waals surface area contributed by atoms with Gasteiger partial charge in [-0.3, -0.25) is 24.0 Å². The number of esters is 2. The molecule has 498 valence electrons. The number of aliphatic carboxylic acids is 1. The van der Waals surface area contributed by atoms with Crippen molar-refractivity contribution >= 4 is 64.4 Å². The topological polar surface area (TPSA) is 249 Å². The first-order chi connectivity index (χ1) is 43.0. The number of carbonyl (C=O) groups is 7. The molecule has 23 heteroatoms. The number of aromatic nitrogens is 5. The van der Waals surface area contributed by atoms with Gasteiger partial charge in [0.25, 0.3) is 5.56 Å². The number of cyclic esters (lactones) is 1. The summed E-state index contributed by atoms with van der Waals surface area (Å²) in [5, 5.41) is 18.4. The number of likely N-dealkylation sites (tertiary alicyclic amines) is 2. The van der Waals surface area contributed by atoms with E-state index >= 15 is 0 Å². The van der Waals surface area contributed by atoms with Gasteiger partial charge in [0.2, 0.25) is 23.3 Å². The lowest BCUT2D eigenvalue weighted by Gasteiger charge is -2.56. The van der Waals surface area contributed by atoms with Gasteiger partial charge in [-0.15, -0.1) is 5.10 Å². The minimum absolute atomic E-state index is 0.00758. The smallest absolute Gasteiger partial charge is 0.415 e. The van der Waals surface area contributed by atoms with Crippen molar-refractivity contribution in [3.63, 3.8) is 0 Å². The van der Waals surface area contributed by atoms with Gasteiger partial charge in [-0.05, 0) is 134 Å². The number of piperidine rings is 2. The number of amides is 4. The van der Waals surface area contributed by atoms with Crippen molar-refractivity contribution in [2.24, 2.45) is 10.8 Å². The summed E-state index contributed by atoms with van der Waals surface area (Å²) < 4.78 is 20.7. The minimum atomic E-state index is -1.94. The Hall–Kier alpha value is -6.88. The van der Waals surface area contributed by atoms with Crippen molar-refractivity contribution in [2.45, 2.75) is 215 Å². The number of fused-ring (bicyclic) bond motifs is 5. The van der Waals surface area contributed by atoms with Crippen LogP contribution in [0.4, 0.5) is 4.79 Å². The molecule has 0 unspecified atom stereocenters. The third kappa shape index (κ3) is 15.0. The van der Waals surface area contributed by atoms with Crippen molar-refractivity contribution in [1.82, 2.24) is 49.0 Å². The average Bonchev–Trinajstić information content (AvgIpc) is 1.64. The van der Waals surface area contributed by atoms with Crippen LogP contribution >= 0.6 is 11.8 Å². The number of aryl methyl sites for hydroxylation is 2. The molecule has 4 amide bonds. The average molecular weight is 1280 g/mol. The van der Waals surface area contributed by atoms with Crippen LogP contribution in [0.3, 0.4) is 0 Å². The molecule has 2 fully saturated rings. The number of pyridine rings is 2. The molecule has 1 atom stereocenters. The lowest BCUT2D eigenvalue weighted by Crippen LogP contribution is -2.64.